The molecule has 1 nitrogen and oxygen atoms in total. The first kappa shape index (κ1) is 19.0. The molecule has 1 aliphatic rings. The Bertz CT molecular complexity index is 1470. The molecule has 154 valence electrons. The highest BCUT2D eigenvalue weighted by molar-refractivity contribution is 6.21. The van der Waals surface area contributed by atoms with Crippen molar-refractivity contribution in [3.05, 3.63) is 109 Å². The van der Waals surface area contributed by atoms with Gasteiger partial charge in [-0.25, -0.2) is 0 Å². The minimum absolute atomic E-state index is 0.950. The van der Waals surface area contributed by atoms with Crippen molar-refractivity contribution in [1.82, 2.24) is 0 Å². The molecule has 1 heteroatoms. The van der Waals surface area contributed by atoms with E-state index in [4.69, 9.17) is 0 Å². The van der Waals surface area contributed by atoms with Crippen LogP contribution in [0.1, 0.15) is 19.4 Å². The second-order valence-electron chi connectivity index (χ2n) is 9.10. The smallest absolute Gasteiger partial charge is 0.0846 e. The van der Waals surface area contributed by atoms with Crippen LogP contribution in [-0.4, -0.2) is 5.11 Å². The van der Waals surface area contributed by atoms with E-state index in [1.807, 2.05) is 19.9 Å². The lowest BCUT2D eigenvalue weighted by atomic mass is 9.80. The quantitative estimate of drug-likeness (QED) is 0.312. The Morgan fingerprint density at radius 2 is 1.09 bits per heavy atom. The zero-order valence-corrected chi connectivity index (χ0v) is 18.3. The lowest BCUT2D eigenvalue weighted by Crippen LogP contribution is -2.18. The van der Waals surface area contributed by atoms with Gasteiger partial charge in [0, 0.05) is 0 Å². The summed E-state index contributed by atoms with van der Waals surface area (Å²) in [7, 11) is 0. The number of hydrogen-bond donors (Lipinski definition) is 1. The number of fused-ring (bicyclic) bond motifs is 3. The van der Waals surface area contributed by atoms with Crippen molar-refractivity contribution < 1.29 is 5.11 Å². The average Bonchev–Trinajstić information content (AvgIpc) is 3.15. The van der Waals surface area contributed by atoms with Crippen LogP contribution in [0.5, 0.6) is 0 Å². The normalized spacial score (nSPS) is 12.2. The molecule has 32 heavy (non-hydrogen) atoms. The molecule has 5 aromatic rings. The number of aliphatic hydroxyl groups is 1. The molecule has 6 rings (SSSR count). The maximum absolute atomic E-state index is 11.3. The molecule has 0 saturated carbocycles. The van der Waals surface area contributed by atoms with Gasteiger partial charge in [-0.2, -0.15) is 0 Å². The summed E-state index contributed by atoms with van der Waals surface area (Å²) >= 11 is 0. The minimum atomic E-state index is -0.994. The van der Waals surface area contributed by atoms with Crippen LogP contribution in [0, 0.1) is 0 Å². The largest absolute Gasteiger partial charge is 0.386 e. The third-order valence-corrected chi connectivity index (χ3v) is 6.58. The van der Waals surface area contributed by atoms with Gasteiger partial charge in [-0.15, -0.1) is 0 Å². The first-order valence-corrected chi connectivity index (χ1v) is 11.1. The molecule has 0 spiro atoms. The van der Waals surface area contributed by atoms with Crippen LogP contribution < -0.4 is 0 Å². The third kappa shape index (κ3) is 2.75. The van der Waals surface area contributed by atoms with E-state index in [1.54, 1.807) is 0 Å². The SMILES string of the molecule is CC(C)(O)c1cc(-c2ccccc2)c2c(c1-c1ccccc1)-c1cccc3cccc-2c13. The van der Waals surface area contributed by atoms with Crippen LogP contribution in [0.3, 0.4) is 0 Å². The Morgan fingerprint density at radius 3 is 1.69 bits per heavy atom. The summed E-state index contributed by atoms with van der Waals surface area (Å²) in [5.41, 5.74) is 9.54. The van der Waals surface area contributed by atoms with Gasteiger partial charge in [0.25, 0.3) is 0 Å². The third-order valence-electron chi connectivity index (χ3n) is 6.58. The summed E-state index contributed by atoms with van der Waals surface area (Å²) < 4.78 is 0. The summed E-state index contributed by atoms with van der Waals surface area (Å²) in [6.07, 6.45) is 0. The number of benzene rings is 5. The maximum Gasteiger partial charge on any atom is 0.0846 e. The van der Waals surface area contributed by atoms with E-state index in [0.717, 1.165) is 16.7 Å². The van der Waals surface area contributed by atoms with Crippen molar-refractivity contribution in [3.8, 4) is 44.5 Å². The second-order valence-corrected chi connectivity index (χ2v) is 9.10. The van der Waals surface area contributed by atoms with E-state index in [-0.39, 0.29) is 0 Å². The Balaban J connectivity index is 1.85. The molecule has 0 fully saturated rings. The lowest BCUT2D eigenvalue weighted by Gasteiger charge is -2.27. The first-order chi connectivity index (χ1) is 15.5. The van der Waals surface area contributed by atoms with Crippen molar-refractivity contribution >= 4 is 10.8 Å². The molecule has 1 aliphatic carbocycles. The molecule has 0 saturated heterocycles. The molecule has 0 heterocycles. The second kappa shape index (κ2) is 6.91. The van der Waals surface area contributed by atoms with Gasteiger partial charge < -0.3 is 5.11 Å². The monoisotopic (exact) mass is 412 g/mol. The molecule has 0 unspecified atom stereocenters. The minimum Gasteiger partial charge on any atom is -0.386 e. The van der Waals surface area contributed by atoms with Crippen LogP contribution in [0.25, 0.3) is 55.3 Å². The van der Waals surface area contributed by atoms with Crippen LogP contribution in [-0.2, 0) is 5.60 Å². The van der Waals surface area contributed by atoms with E-state index in [2.05, 4.69) is 97.1 Å². The summed E-state index contributed by atoms with van der Waals surface area (Å²) in [5.74, 6) is 0. The fourth-order valence-corrected chi connectivity index (χ4v) is 5.22. The Hall–Kier alpha value is -3.68. The molecular weight excluding hydrogens is 388 g/mol. The standard InChI is InChI=1S/C31H24O/c1-31(2,32)26-19-25(20-11-5-3-6-12-20)29-23-17-9-15-21-16-10-18-24(27(21)23)30(29)28(26)22-13-7-4-8-14-22/h3-19,32H,1-2H3. The van der Waals surface area contributed by atoms with Gasteiger partial charge in [-0.3, -0.25) is 0 Å². The molecule has 0 aromatic heterocycles. The molecule has 0 amide bonds. The fourth-order valence-electron chi connectivity index (χ4n) is 5.22. The number of hydrogen-bond acceptors (Lipinski definition) is 1. The number of rotatable bonds is 3. The van der Waals surface area contributed by atoms with Crippen molar-refractivity contribution in [2.75, 3.05) is 0 Å². The van der Waals surface area contributed by atoms with Gasteiger partial charge in [-0.05, 0) is 80.8 Å². The highest BCUT2D eigenvalue weighted by atomic mass is 16.3. The molecule has 0 bridgehead atoms. The van der Waals surface area contributed by atoms with Gasteiger partial charge >= 0.3 is 0 Å². The van der Waals surface area contributed by atoms with Gasteiger partial charge in [0.15, 0.2) is 0 Å². The van der Waals surface area contributed by atoms with Crippen LogP contribution in [0.4, 0.5) is 0 Å². The zero-order valence-electron chi connectivity index (χ0n) is 18.3. The van der Waals surface area contributed by atoms with Gasteiger partial charge in [0.2, 0.25) is 0 Å². The van der Waals surface area contributed by atoms with Crippen LogP contribution in [0.2, 0.25) is 0 Å². The van der Waals surface area contributed by atoms with Crippen molar-refractivity contribution in [2.24, 2.45) is 0 Å². The first-order valence-electron chi connectivity index (χ1n) is 11.1. The summed E-state index contributed by atoms with van der Waals surface area (Å²) in [6.45, 7) is 3.78. The predicted molar refractivity (Wildman–Crippen MR) is 134 cm³/mol. The fraction of sp³-hybridized carbons (Fsp3) is 0.0968. The average molecular weight is 413 g/mol. The Labute approximate surface area is 188 Å². The molecular formula is C31H24O. The van der Waals surface area contributed by atoms with E-state index in [0.29, 0.717) is 0 Å². The van der Waals surface area contributed by atoms with E-state index < -0.39 is 5.60 Å². The van der Waals surface area contributed by atoms with Crippen molar-refractivity contribution in [3.63, 3.8) is 0 Å². The van der Waals surface area contributed by atoms with Gasteiger partial charge in [0.1, 0.15) is 0 Å². The molecule has 0 aliphatic heterocycles. The molecule has 1 N–H and O–H groups in total. The lowest BCUT2D eigenvalue weighted by molar-refractivity contribution is 0.0793. The van der Waals surface area contributed by atoms with Crippen LogP contribution >= 0.6 is 0 Å². The molecule has 0 atom stereocenters. The van der Waals surface area contributed by atoms with E-state index in [1.165, 1.54) is 44.2 Å². The highest BCUT2D eigenvalue weighted by Gasteiger charge is 2.32. The van der Waals surface area contributed by atoms with Crippen LogP contribution in [0.15, 0.2) is 103 Å². The Kier molecular flexibility index (Phi) is 4.11. The summed E-state index contributed by atoms with van der Waals surface area (Å²) in [6, 6.07) is 36.4. The topological polar surface area (TPSA) is 20.2 Å². The maximum atomic E-state index is 11.3. The van der Waals surface area contributed by atoms with E-state index >= 15 is 0 Å². The summed E-state index contributed by atoms with van der Waals surface area (Å²) in [5, 5.41) is 13.9. The van der Waals surface area contributed by atoms with Gasteiger partial charge in [-0.1, -0.05) is 97.1 Å². The highest BCUT2D eigenvalue weighted by Crippen LogP contribution is 2.56. The van der Waals surface area contributed by atoms with Crippen molar-refractivity contribution in [1.29, 1.82) is 0 Å². The predicted octanol–water partition coefficient (Wildman–Crippen LogP) is 8.05. The summed E-state index contributed by atoms with van der Waals surface area (Å²) in [4.78, 5) is 0. The van der Waals surface area contributed by atoms with Gasteiger partial charge in [0.05, 0.1) is 5.60 Å². The molecule has 5 aromatic carbocycles. The zero-order chi connectivity index (χ0) is 21.9. The van der Waals surface area contributed by atoms with E-state index in [9.17, 15) is 5.11 Å². The Morgan fingerprint density at radius 1 is 0.531 bits per heavy atom. The molecule has 0 radical (unpaired) electrons. The van der Waals surface area contributed by atoms with Crippen molar-refractivity contribution in [2.45, 2.75) is 19.4 Å².